The van der Waals surface area contributed by atoms with Gasteiger partial charge in [0, 0.05) is 18.8 Å². The van der Waals surface area contributed by atoms with E-state index in [2.05, 4.69) is 26.2 Å². The first-order valence-electron chi connectivity index (χ1n) is 5.31. The van der Waals surface area contributed by atoms with Crippen LogP contribution in [0.25, 0.3) is 0 Å². The Bertz CT molecular complexity index is 502. The molecule has 2 rings (SSSR count). The van der Waals surface area contributed by atoms with Crippen molar-refractivity contribution in [3.8, 4) is 11.5 Å². The monoisotopic (exact) mass is 292 g/mol. The van der Waals surface area contributed by atoms with Crippen LogP contribution < -0.4 is 10.1 Å². The maximum atomic E-state index is 5.78. The van der Waals surface area contributed by atoms with Gasteiger partial charge in [-0.2, -0.15) is 0 Å². The van der Waals surface area contributed by atoms with Gasteiger partial charge in [-0.3, -0.25) is 4.98 Å². The molecule has 2 aromatic rings. The Balaban J connectivity index is 2.18. The molecule has 1 heterocycles. The number of hydrogen-bond acceptors (Lipinski definition) is 3. The molecule has 0 fully saturated rings. The number of aromatic nitrogens is 1. The Morgan fingerprint density at radius 1 is 1.29 bits per heavy atom. The summed E-state index contributed by atoms with van der Waals surface area (Å²) in [5.74, 6) is 1.59. The minimum absolute atomic E-state index is 0.729. The van der Waals surface area contributed by atoms with Gasteiger partial charge in [0.2, 0.25) is 0 Å². The van der Waals surface area contributed by atoms with Gasteiger partial charge in [0.15, 0.2) is 0 Å². The Labute approximate surface area is 109 Å². The molecule has 0 aliphatic rings. The second kappa shape index (κ2) is 5.80. The minimum atomic E-state index is 0.729. The van der Waals surface area contributed by atoms with Crippen LogP contribution in [0, 0.1) is 0 Å². The number of nitrogens with zero attached hydrogens (tertiary/aromatic N) is 1. The van der Waals surface area contributed by atoms with Crippen LogP contribution in [-0.2, 0) is 6.54 Å². The van der Waals surface area contributed by atoms with Crippen molar-refractivity contribution in [2.45, 2.75) is 6.54 Å². The summed E-state index contributed by atoms with van der Waals surface area (Å²) in [5.41, 5.74) is 0.956. The lowest BCUT2D eigenvalue weighted by Gasteiger charge is -2.08. The molecule has 4 heteroatoms. The van der Waals surface area contributed by atoms with E-state index in [-0.39, 0.29) is 0 Å². The summed E-state index contributed by atoms with van der Waals surface area (Å²) in [6, 6.07) is 11.5. The van der Waals surface area contributed by atoms with Gasteiger partial charge in [0.1, 0.15) is 11.5 Å². The van der Waals surface area contributed by atoms with Gasteiger partial charge in [-0.05, 0) is 41.2 Å². The number of benzene rings is 1. The van der Waals surface area contributed by atoms with E-state index >= 15 is 0 Å². The number of rotatable bonds is 4. The summed E-state index contributed by atoms with van der Waals surface area (Å²) in [6.45, 7) is 0.729. The SMILES string of the molecule is CNCc1cc(Oc2ccccc2Br)ccn1. The van der Waals surface area contributed by atoms with Gasteiger partial charge in [0.25, 0.3) is 0 Å². The van der Waals surface area contributed by atoms with Crippen molar-refractivity contribution in [1.29, 1.82) is 0 Å². The van der Waals surface area contributed by atoms with Gasteiger partial charge in [-0.1, -0.05) is 12.1 Å². The zero-order valence-corrected chi connectivity index (χ0v) is 11.1. The van der Waals surface area contributed by atoms with Crippen LogP contribution in [-0.4, -0.2) is 12.0 Å². The Hall–Kier alpha value is -1.39. The third kappa shape index (κ3) is 3.28. The Morgan fingerprint density at radius 3 is 2.88 bits per heavy atom. The quantitative estimate of drug-likeness (QED) is 0.938. The summed E-state index contributed by atoms with van der Waals surface area (Å²) in [7, 11) is 1.89. The molecule has 0 radical (unpaired) electrons. The number of hydrogen-bond donors (Lipinski definition) is 1. The smallest absolute Gasteiger partial charge is 0.141 e. The number of para-hydroxylation sites is 1. The van der Waals surface area contributed by atoms with Crippen molar-refractivity contribution in [2.75, 3.05) is 7.05 Å². The van der Waals surface area contributed by atoms with Crippen LogP contribution in [0.1, 0.15) is 5.69 Å². The van der Waals surface area contributed by atoms with Gasteiger partial charge >= 0.3 is 0 Å². The van der Waals surface area contributed by atoms with E-state index < -0.39 is 0 Å². The zero-order chi connectivity index (χ0) is 12.1. The first kappa shape index (κ1) is 12.1. The van der Waals surface area contributed by atoms with Gasteiger partial charge in [-0.25, -0.2) is 0 Å². The lowest BCUT2D eigenvalue weighted by Crippen LogP contribution is -2.06. The van der Waals surface area contributed by atoms with Crippen molar-refractivity contribution in [1.82, 2.24) is 10.3 Å². The van der Waals surface area contributed by atoms with Crippen LogP contribution in [0.3, 0.4) is 0 Å². The molecular formula is C13H13BrN2O. The molecule has 0 aliphatic carbocycles. The molecule has 17 heavy (non-hydrogen) atoms. The van der Waals surface area contributed by atoms with E-state index in [1.807, 2.05) is 43.4 Å². The summed E-state index contributed by atoms with van der Waals surface area (Å²) in [4.78, 5) is 4.24. The van der Waals surface area contributed by atoms with Gasteiger partial charge in [-0.15, -0.1) is 0 Å². The normalized spacial score (nSPS) is 10.2. The Kier molecular flexibility index (Phi) is 4.12. The summed E-state index contributed by atoms with van der Waals surface area (Å²) < 4.78 is 6.72. The number of nitrogens with one attached hydrogen (secondary N) is 1. The number of halogens is 1. The fraction of sp³-hybridized carbons (Fsp3) is 0.154. The molecule has 0 spiro atoms. The van der Waals surface area contributed by atoms with E-state index in [4.69, 9.17) is 4.74 Å². The maximum absolute atomic E-state index is 5.78. The molecule has 1 N–H and O–H groups in total. The lowest BCUT2D eigenvalue weighted by molar-refractivity contribution is 0.477. The van der Waals surface area contributed by atoms with Crippen molar-refractivity contribution in [2.24, 2.45) is 0 Å². The zero-order valence-electron chi connectivity index (χ0n) is 9.48. The molecule has 0 atom stereocenters. The Morgan fingerprint density at radius 2 is 2.12 bits per heavy atom. The number of pyridine rings is 1. The van der Waals surface area contributed by atoms with E-state index in [1.165, 1.54) is 0 Å². The maximum Gasteiger partial charge on any atom is 0.141 e. The second-order valence-electron chi connectivity index (χ2n) is 3.55. The van der Waals surface area contributed by atoms with E-state index in [0.717, 1.165) is 28.2 Å². The van der Waals surface area contributed by atoms with E-state index in [1.54, 1.807) is 6.20 Å². The molecule has 0 bridgehead atoms. The highest BCUT2D eigenvalue weighted by Crippen LogP contribution is 2.29. The predicted molar refractivity (Wildman–Crippen MR) is 71.2 cm³/mol. The van der Waals surface area contributed by atoms with Crippen molar-refractivity contribution in [3.63, 3.8) is 0 Å². The van der Waals surface area contributed by atoms with Crippen molar-refractivity contribution >= 4 is 15.9 Å². The highest BCUT2D eigenvalue weighted by atomic mass is 79.9. The fourth-order valence-electron chi connectivity index (χ4n) is 1.45. The predicted octanol–water partition coefficient (Wildman–Crippen LogP) is 3.36. The second-order valence-corrected chi connectivity index (χ2v) is 4.40. The average molecular weight is 293 g/mol. The third-order valence-corrected chi connectivity index (χ3v) is 2.87. The first-order valence-corrected chi connectivity index (χ1v) is 6.11. The summed E-state index contributed by atoms with van der Waals surface area (Å²) >= 11 is 3.45. The minimum Gasteiger partial charge on any atom is -0.456 e. The molecule has 3 nitrogen and oxygen atoms in total. The molecule has 0 unspecified atom stereocenters. The first-order chi connectivity index (χ1) is 8.29. The van der Waals surface area contributed by atoms with Gasteiger partial charge < -0.3 is 10.1 Å². The molecular weight excluding hydrogens is 280 g/mol. The molecule has 1 aromatic carbocycles. The fourth-order valence-corrected chi connectivity index (χ4v) is 1.82. The molecule has 0 amide bonds. The molecule has 0 saturated carbocycles. The van der Waals surface area contributed by atoms with E-state index in [0.29, 0.717) is 0 Å². The number of ether oxygens (including phenoxy) is 1. The standard InChI is InChI=1S/C13H13BrN2O/c1-15-9-10-8-11(6-7-16-10)17-13-5-3-2-4-12(13)14/h2-8,15H,9H2,1H3. The molecule has 1 aromatic heterocycles. The van der Waals surface area contributed by atoms with Crippen LogP contribution >= 0.6 is 15.9 Å². The van der Waals surface area contributed by atoms with Crippen LogP contribution in [0.4, 0.5) is 0 Å². The molecule has 88 valence electrons. The van der Waals surface area contributed by atoms with Crippen molar-refractivity contribution in [3.05, 3.63) is 52.8 Å². The lowest BCUT2D eigenvalue weighted by atomic mass is 10.3. The third-order valence-electron chi connectivity index (χ3n) is 2.21. The highest BCUT2D eigenvalue weighted by Gasteiger charge is 2.02. The van der Waals surface area contributed by atoms with Crippen molar-refractivity contribution < 1.29 is 4.74 Å². The molecule has 0 saturated heterocycles. The topological polar surface area (TPSA) is 34.1 Å². The largest absolute Gasteiger partial charge is 0.456 e. The van der Waals surface area contributed by atoms with Crippen LogP contribution in [0.5, 0.6) is 11.5 Å². The van der Waals surface area contributed by atoms with Crippen LogP contribution in [0.15, 0.2) is 47.1 Å². The highest BCUT2D eigenvalue weighted by molar-refractivity contribution is 9.10. The van der Waals surface area contributed by atoms with E-state index in [9.17, 15) is 0 Å². The molecule has 0 aliphatic heterocycles. The van der Waals surface area contributed by atoms with Crippen LogP contribution in [0.2, 0.25) is 0 Å². The van der Waals surface area contributed by atoms with Gasteiger partial charge in [0.05, 0.1) is 10.2 Å². The average Bonchev–Trinajstić information content (AvgIpc) is 2.33. The summed E-state index contributed by atoms with van der Waals surface area (Å²) in [6.07, 6.45) is 1.75. The summed E-state index contributed by atoms with van der Waals surface area (Å²) in [5, 5.41) is 3.06.